The molecule has 1 rings (SSSR count). The van der Waals surface area contributed by atoms with Gasteiger partial charge in [-0.3, -0.25) is 9.78 Å². The first-order valence-electron chi connectivity index (χ1n) is 5.23. The van der Waals surface area contributed by atoms with E-state index in [9.17, 15) is 9.59 Å². The van der Waals surface area contributed by atoms with Crippen LogP contribution in [0.4, 0.5) is 5.82 Å². The smallest absolute Gasteiger partial charge is 0.342 e. The number of hydrogen-bond donors (Lipinski definition) is 3. The van der Waals surface area contributed by atoms with Crippen molar-refractivity contribution in [1.82, 2.24) is 15.2 Å². The number of anilines is 1. The molecule has 7 heteroatoms. The van der Waals surface area contributed by atoms with E-state index in [2.05, 4.69) is 15.2 Å². The Hall–Kier alpha value is -1.63. The maximum Gasteiger partial charge on any atom is 0.342 e. The molecular formula is C9H16N4O3. The van der Waals surface area contributed by atoms with Crippen molar-refractivity contribution in [3.63, 3.8) is 0 Å². The molecule has 0 saturated heterocycles. The zero-order valence-corrected chi connectivity index (χ0v) is 9.19. The first kappa shape index (κ1) is 12.4. The van der Waals surface area contributed by atoms with Crippen molar-refractivity contribution in [2.24, 2.45) is 0 Å². The quantitative estimate of drug-likeness (QED) is 0.583. The summed E-state index contributed by atoms with van der Waals surface area (Å²) in [5.74, 6) is 0.141. The Labute approximate surface area is 92.1 Å². The third-order valence-corrected chi connectivity index (χ3v) is 2.14. The molecule has 0 aliphatic carbocycles. The van der Waals surface area contributed by atoms with Gasteiger partial charge < -0.3 is 10.0 Å². The van der Waals surface area contributed by atoms with Gasteiger partial charge in [0.25, 0.3) is 5.56 Å². The predicted molar refractivity (Wildman–Crippen MR) is 59.7 cm³/mol. The van der Waals surface area contributed by atoms with E-state index in [1.165, 1.54) is 0 Å². The number of nitrogens with zero attached hydrogens (tertiary/aromatic N) is 2. The van der Waals surface area contributed by atoms with Crippen LogP contribution in [0.2, 0.25) is 0 Å². The van der Waals surface area contributed by atoms with E-state index in [1.807, 2.05) is 6.92 Å². The minimum absolute atomic E-state index is 0.0655. The Balaban J connectivity index is 2.91. The molecule has 0 aliphatic heterocycles. The number of nitrogens with one attached hydrogen (secondary N) is 2. The van der Waals surface area contributed by atoms with Crippen LogP contribution in [0.3, 0.4) is 0 Å². The number of aromatic amines is 2. The maximum atomic E-state index is 11.5. The molecule has 1 aromatic heterocycles. The predicted octanol–water partition coefficient (Wildman–Crippen LogP) is -0.943. The van der Waals surface area contributed by atoms with Crippen LogP contribution in [0.1, 0.15) is 19.8 Å². The van der Waals surface area contributed by atoms with E-state index < -0.39 is 11.2 Å². The van der Waals surface area contributed by atoms with Crippen molar-refractivity contribution in [2.45, 2.75) is 19.8 Å². The van der Waals surface area contributed by atoms with E-state index in [0.717, 1.165) is 12.8 Å². The lowest BCUT2D eigenvalue weighted by Gasteiger charge is -2.20. The molecule has 7 nitrogen and oxygen atoms in total. The van der Waals surface area contributed by atoms with Gasteiger partial charge in [-0.05, 0) is 6.42 Å². The van der Waals surface area contributed by atoms with Gasteiger partial charge >= 0.3 is 5.69 Å². The Kier molecular flexibility index (Phi) is 4.71. The summed E-state index contributed by atoms with van der Waals surface area (Å²) in [6.07, 6.45) is 1.86. The second kappa shape index (κ2) is 6.06. The number of aliphatic hydroxyl groups is 1. The summed E-state index contributed by atoms with van der Waals surface area (Å²) in [6.45, 7) is 2.91. The zero-order chi connectivity index (χ0) is 12.0. The first-order chi connectivity index (χ1) is 7.69. The van der Waals surface area contributed by atoms with Gasteiger partial charge in [0.2, 0.25) is 5.82 Å². The molecule has 0 fully saturated rings. The molecule has 90 valence electrons. The molecule has 1 heterocycles. The van der Waals surface area contributed by atoms with E-state index in [4.69, 9.17) is 5.11 Å². The molecule has 0 saturated carbocycles. The Morgan fingerprint density at radius 1 is 1.38 bits per heavy atom. The highest BCUT2D eigenvalue weighted by Crippen LogP contribution is 2.02. The van der Waals surface area contributed by atoms with Crippen LogP contribution in [0.15, 0.2) is 9.59 Å². The largest absolute Gasteiger partial charge is 0.395 e. The minimum Gasteiger partial charge on any atom is -0.395 e. The molecule has 0 atom stereocenters. The number of H-pyrrole nitrogens is 2. The molecule has 3 N–H and O–H groups in total. The molecule has 0 spiro atoms. The highest BCUT2D eigenvalue weighted by molar-refractivity contribution is 5.33. The lowest BCUT2D eigenvalue weighted by molar-refractivity contribution is 0.301. The second-order valence-corrected chi connectivity index (χ2v) is 3.39. The number of hydrogen-bond acceptors (Lipinski definition) is 5. The molecule has 0 radical (unpaired) electrons. The minimum atomic E-state index is -0.631. The van der Waals surface area contributed by atoms with E-state index in [1.54, 1.807) is 4.90 Å². The number of aliphatic hydroxyl groups excluding tert-OH is 1. The summed E-state index contributed by atoms with van der Waals surface area (Å²) in [6, 6.07) is 0. The summed E-state index contributed by atoms with van der Waals surface area (Å²) in [4.78, 5) is 26.0. The highest BCUT2D eigenvalue weighted by atomic mass is 16.3. The van der Waals surface area contributed by atoms with Crippen LogP contribution in [0, 0.1) is 0 Å². The third-order valence-electron chi connectivity index (χ3n) is 2.14. The SMILES string of the molecule is CCCCN(CCO)c1n[nH]c(=O)[nH]c1=O. The fourth-order valence-corrected chi connectivity index (χ4v) is 1.35. The molecule has 0 amide bonds. The van der Waals surface area contributed by atoms with Crippen LogP contribution in [0.25, 0.3) is 0 Å². The molecule has 0 bridgehead atoms. The fraction of sp³-hybridized carbons (Fsp3) is 0.667. The average molecular weight is 228 g/mol. The van der Waals surface area contributed by atoms with Gasteiger partial charge in [-0.25, -0.2) is 9.89 Å². The van der Waals surface area contributed by atoms with Gasteiger partial charge in [-0.15, -0.1) is 5.10 Å². The van der Waals surface area contributed by atoms with Gasteiger partial charge in [0, 0.05) is 13.1 Å². The summed E-state index contributed by atoms with van der Waals surface area (Å²) in [5, 5.41) is 14.7. The molecule has 16 heavy (non-hydrogen) atoms. The summed E-state index contributed by atoms with van der Waals surface area (Å²) in [7, 11) is 0. The molecule has 1 aromatic rings. The van der Waals surface area contributed by atoms with Gasteiger partial charge in [-0.2, -0.15) is 0 Å². The monoisotopic (exact) mass is 228 g/mol. The Bertz CT molecular complexity index is 425. The lowest BCUT2D eigenvalue weighted by atomic mass is 10.3. The Morgan fingerprint density at radius 3 is 2.69 bits per heavy atom. The van der Waals surface area contributed by atoms with Crippen LogP contribution < -0.4 is 16.1 Å². The van der Waals surface area contributed by atoms with Crippen LogP contribution in [0.5, 0.6) is 0 Å². The fourth-order valence-electron chi connectivity index (χ4n) is 1.35. The molecule has 0 aromatic carbocycles. The second-order valence-electron chi connectivity index (χ2n) is 3.39. The Morgan fingerprint density at radius 2 is 2.12 bits per heavy atom. The van der Waals surface area contributed by atoms with Crippen molar-refractivity contribution in [3.05, 3.63) is 20.8 Å². The van der Waals surface area contributed by atoms with Crippen molar-refractivity contribution in [1.29, 1.82) is 0 Å². The van der Waals surface area contributed by atoms with Crippen LogP contribution >= 0.6 is 0 Å². The van der Waals surface area contributed by atoms with Crippen molar-refractivity contribution in [2.75, 3.05) is 24.6 Å². The van der Waals surface area contributed by atoms with Gasteiger partial charge in [-0.1, -0.05) is 13.3 Å². The summed E-state index contributed by atoms with van der Waals surface area (Å²) >= 11 is 0. The normalized spacial score (nSPS) is 10.4. The third kappa shape index (κ3) is 3.20. The van der Waals surface area contributed by atoms with Crippen molar-refractivity contribution in [3.8, 4) is 0 Å². The van der Waals surface area contributed by atoms with E-state index >= 15 is 0 Å². The number of aromatic nitrogens is 3. The van der Waals surface area contributed by atoms with Crippen LogP contribution in [-0.2, 0) is 0 Å². The maximum absolute atomic E-state index is 11.5. The topological polar surface area (TPSA) is 102 Å². The van der Waals surface area contributed by atoms with Gasteiger partial charge in [0.15, 0.2) is 0 Å². The lowest BCUT2D eigenvalue weighted by Crippen LogP contribution is -2.36. The van der Waals surface area contributed by atoms with E-state index in [-0.39, 0.29) is 12.4 Å². The van der Waals surface area contributed by atoms with Crippen molar-refractivity contribution < 1.29 is 5.11 Å². The standard InChI is InChI=1S/C9H16N4O3/c1-2-3-4-13(5-6-14)7-8(15)10-9(16)12-11-7/h14H,2-6H2,1H3,(H2,10,12,15,16). The highest BCUT2D eigenvalue weighted by Gasteiger charge is 2.11. The zero-order valence-electron chi connectivity index (χ0n) is 9.19. The summed E-state index contributed by atoms with van der Waals surface area (Å²) < 4.78 is 0. The average Bonchev–Trinajstić information content (AvgIpc) is 2.25. The molecule has 0 unspecified atom stereocenters. The van der Waals surface area contributed by atoms with E-state index in [0.29, 0.717) is 13.1 Å². The first-order valence-corrected chi connectivity index (χ1v) is 5.23. The molecule has 0 aliphatic rings. The van der Waals surface area contributed by atoms with Crippen LogP contribution in [-0.4, -0.2) is 40.0 Å². The van der Waals surface area contributed by atoms with Gasteiger partial charge in [0.05, 0.1) is 6.61 Å². The number of rotatable bonds is 6. The summed E-state index contributed by atoms with van der Waals surface area (Å²) in [5.41, 5.74) is -1.17. The molecular weight excluding hydrogens is 212 g/mol. The van der Waals surface area contributed by atoms with Crippen molar-refractivity contribution >= 4 is 5.82 Å². The van der Waals surface area contributed by atoms with Gasteiger partial charge in [0.1, 0.15) is 0 Å². The number of unbranched alkanes of at least 4 members (excludes halogenated alkanes) is 1.